The first-order valence-corrected chi connectivity index (χ1v) is 7.94. The Morgan fingerprint density at radius 2 is 1.74 bits per heavy atom. The van der Waals surface area contributed by atoms with Gasteiger partial charge < -0.3 is 4.74 Å². The lowest BCUT2D eigenvalue weighted by atomic mass is 9.58. The molecule has 2 atom stereocenters. The Balaban J connectivity index is 1.80. The van der Waals surface area contributed by atoms with Crippen molar-refractivity contribution >= 4 is 11.6 Å². The summed E-state index contributed by atoms with van der Waals surface area (Å²) in [5, 5.41) is 0.321. The molecule has 2 fully saturated rings. The monoisotopic (exact) mass is 278 g/mol. The van der Waals surface area contributed by atoms with Crippen molar-refractivity contribution in [1.29, 1.82) is 0 Å². The molecule has 1 spiro atoms. The fourth-order valence-electron chi connectivity index (χ4n) is 3.84. The van der Waals surface area contributed by atoms with E-state index in [-0.39, 0.29) is 5.41 Å². The Morgan fingerprint density at radius 1 is 1.11 bits per heavy atom. The van der Waals surface area contributed by atoms with E-state index in [0.717, 1.165) is 12.2 Å². The van der Waals surface area contributed by atoms with Crippen LogP contribution in [0.4, 0.5) is 0 Å². The number of halogens is 1. The molecule has 0 bridgehead atoms. The van der Waals surface area contributed by atoms with E-state index in [0.29, 0.717) is 11.5 Å². The van der Waals surface area contributed by atoms with Crippen LogP contribution in [0.25, 0.3) is 0 Å². The summed E-state index contributed by atoms with van der Waals surface area (Å²) in [7, 11) is 0. The number of alkyl halides is 1. The Bertz CT molecular complexity index is 442. The molecule has 0 aromatic heterocycles. The fourth-order valence-corrected chi connectivity index (χ4v) is 4.36. The minimum Gasteiger partial charge on any atom is -0.489 e. The van der Waals surface area contributed by atoms with Crippen LogP contribution in [0, 0.1) is 19.3 Å². The molecule has 1 aromatic rings. The quantitative estimate of drug-likeness (QED) is 0.691. The molecule has 1 nitrogen and oxygen atoms in total. The van der Waals surface area contributed by atoms with Gasteiger partial charge in [-0.25, -0.2) is 0 Å². The summed E-state index contributed by atoms with van der Waals surface area (Å²) in [5.41, 5.74) is 2.74. The van der Waals surface area contributed by atoms with Crippen molar-refractivity contribution in [1.82, 2.24) is 0 Å². The summed E-state index contributed by atoms with van der Waals surface area (Å²) in [6, 6.07) is 6.36. The Hall–Kier alpha value is -0.690. The average Bonchev–Trinajstić information content (AvgIpc) is 2.43. The highest BCUT2D eigenvalue weighted by Crippen LogP contribution is 2.56. The normalized spacial score (nSPS) is 29.0. The summed E-state index contributed by atoms with van der Waals surface area (Å²) in [5.74, 6) is 1.08. The van der Waals surface area contributed by atoms with Gasteiger partial charge in [0.2, 0.25) is 0 Å². The highest BCUT2D eigenvalue weighted by molar-refractivity contribution is 6.21. The van der Waals surface area contributed by atoms with Gasteiger partial charge >= 0.3 is 0 Å². The van der Waals surface area contributed by atoms with Gasteiger partial charge in [0.1, 0.15) is 11.9 Å². The van der Waals surface area contributed by atoms with Crippen molar-refractivity contribution in [3.63, 3.8) is 0 Å². The molecule has 3 rings (SSSR count). The third kappa shape index (κ3) is 2.16. The first-order chi connectivity index (χ1) is 9.13. The van der Waals surface area contributed by atoms with Crippen molar-refractivity contribution in [2.24, 2.45) is 5.41 Å². The predicted octanol–water partition coefficient (Wildman–Crippen LogP) is 5.01. The molecule has 0 N–H and O–H groups in total. The molecule has 0 amide bonds. The van der Waals surface area contributed by atoms with Gasteiger partial charge in [0.25, 0.3) is 0 Å². The molecule has 19 heavy (non-hydrogen) atoms. The molecule has 104 valence electrons. The largest absolute Gasteiger partial charge is 0.489 e. The first kappa shape index (κ1) is 13.3. The first-order valence-electron chi connectivity index (χ1n) is 7.50. The van der Waals surface area contributed by atoms with E-state index in [4.69, 9.17) is 16.3 Å². The van der Waals surface area contributed by atoms with Crippen molar-refractivity contribution in [2.45, 2.75) is 63.9 Å². The second-order valence-electron chi connectivity index (χ2n) is 6.32. The predicted molar refractivity (Wildman–Crippen MR) is 80.1 cm³/mol. The molecule has 2 aliphatic carbocycles. The van der Waals surface area contributed by atoms with Gasteiger partial charge in [-0.3, -0.25) is 0 Å². The standard InChI is InChI=1S/C17H23ClO/c1-12-7-6-8-13(2)16(12)19-15-11-14(18)17(15)9-4-3-5-10-17/h6-8,14-15H,3-5,9-11H2,1-2H3. The molecule has 2 saturated carbocycles. The molecule has 0 aliphatic heterocycles. The van der Waals surface area contributed by atoms with Crippen molar-refractivity contribution in [3.05, 3.63) is 29.3 Å². The molecule has 2 unspecified atom stereocenters. The highest BCUT2D eigenvalue weighted by Gasteiger charge is 2.56. The number of rotatable bonds is 2. The van der Waals surface area contributed by atoms with Crippen LogP contribution in [-0.2, 0) is 0 Å². The van der Waals surface area contributed by atoms with Gasteiger partial charge in [-0.15, -0.1) is 11.6 Å². The zero-order valence-corrected chi connectivity index (χ0v) is 12.7. The smallest absolute Gasteiger partial charge is 0.125 e. The van der Waals surface area contributed by atoms with Crippen molar-refractivity contribution in [2.75, 3.05) is 0 Å². The van der Waals surface area contributed by atoms with Crippen LogP contribution in [0.15, 0.2) is 18.2 Å². The SMILES string of the molecule is Cc1cccc(C)c1OC1CC(Cl)C12CCCCC2. The van der Waals surface area contributed by atoms with Gasteiger partial charge in [-0.05, 0) is 37.8 Å². The minimum atomic E-state index is 0.258. The summed E-state index contributed by atoms with van der Waals surface area (Å²) in [6.45, 7) is 4.26. The summed E-state index contributed by atoms with van der Waals surface area (Å²) < 4.78 is 6.39. The summed E-state index contributed by atoms with van der Waals surface area (Å²) in [6.07, 6.45) is 7.82. The van der Waals surface area contributed by atoms with E-state index in [2.05, 4.69) is 32.0 Å². The Morgan fingerprint density at radius 3 is 2.32 bits per heavy atom. The van der Waals surface area contributed by atoms with E-state index in [1.807, 2.05) is 0 Å². The molecule has 0 heterocycles. The maximum atomic E-state index is 6.55. The van der Waals surface area contributed by atoms with Gasteiger partial charge in [0, 0.05) is 17.2 Å². The number of para-hydroxylation sites is 1. The lowest BCUT2D eigenvalue weighted by Gasteiger charge is -2.55. The van der Waals surface area contributed by atoms with Gasteiger partial charge in [0.05, 0.1) is 0 Å². The molecule has 0 radical (unpaired) electrons. The molecular weight excluding hydrogens is 256 g/mol. The van der Waals surface area contributed by atoms with Crippen LogP contribution in [0.1, 0.15) is 49.7 Å². The molecule has 1 aromatic carbocycles. The number of benzene rings is 1. The van der Waals surface area contributed by atoms with E-state index in [1.54, 1.807) is 0 Å². The van der Waals surface area contributed by atoms with E-state index in [9.17, 15) is 0 Å². The van der Waals surface area contributed by atoms with E-state index in [1.165, 1.54) is 43.2 Å². The van der Waals surface area contributed by atoms with E-state index >= 15 is 0 Å². The number of hydrogen-bond acceptors (Lipinski definition) is 1. The zero-order valence-electron chi connectivity index (χ0n) is 11.9. The molecule has 2 aliphatic rings. The molecule has 0 saturated heterocycles. The third-order valence-electron chi connectivity index (χ3n) is 5.14. The summed E-state index contributed by atoms with van der Waals surface area (Å²) in [4.78, 5) is 0. The van der Waals surface area contributed by atoms with Crippen molar-refractivity contribution < 1.29 is 4.74 Å². The lowest BCUT2D eigenvalue weighted by molar-refractivity contribution is -0.0656. The van der Waals surface area contributed by atoms with Crippen LogP contribution in [0.5, 0.6) is 5.75 Å². The second kappa shape index (κ2) is 5.01. The highest BCUT2D eigenvalue weighted by atomic mass is 35.5. The Labute approximate surface area is 121 Å². The zero-order chi connectivity index (χ0) is 13.5. The van der Waals surface area contributed by atoms with Crippen LogP contribution in [0.2, 0.25) is 0 Å². The maximum Gasteiger partial charge on any atom is 0.125 e. The number of aryl methyl sites for hydroxylation is 2. The van der Waals surface area contributed by atoms with Gasteiger partial charge in [-0.2, -0.15) is 0 Å². The fraction of sp³-hybridized carbons (Fsp3) is 0.647. The van der Waals surface area contributed by atoms with Crippen LogP contribution < -0.4 is 4.74 Å². The molecular formula is C17H23ClO. The van der Waals surface area contributed by atoms with Crippen molar-refractivity contribution in [3.8, 4) is 5.75 Å². The minimum absolute atomic E-state index is 0.258. The Kier molecular flexibility index (Phi) is 3.51. The topological polar surface area (TPSA) is 9.23 Å². The lowest BCUT2D eigenvalue weighted by Crippen LogP contribution is -2.58. The molecule has 2 heteroatoms. The third-order valence-corrected chi connectivity index (χ3v) is 5.75. The van der Waals surface area contributed by atoms with Gasteiger partial charge in [-0.1, -0.05) is 37.5 Å². The van der Waals surface area contributed by atoms with Gasteiger partial charge in [0.15, 0.2) is 0 Å². The average molecular weight is 279 g/mol. The van der Waals surface area contributed by atoms with Crippen LogP contribution in [0.3, 0.4) is 0 Å². The maximum absolute atomic E-state index is 6.55. The number of ether oxygens (including phenoxy) is 1. The number of hydrogen-bond donors (Lipinski definition) is 0. The summed E-state index contributed by atoms with van der Waals surface area (Å²) >= 11 is 6.55. The van der Waals surface area contributed by atoms with Crippen LogP contribution in [-0.4, -0.2) is 11.5 Å². The van der Waals surface area contributed by atoms with Crippen LogP contribution >= 0.6 is 11.6 Å². The van der Waals surface area contributed by atoms with E-state index < -0.39 is 0 Å². The second-order valence-corrected chi connectivity index (χ2v) is 6.85.